The number of fused-ring (bicyclic) bond motifs is 1. The van der Waals surface area contributed by atoms with Gasteiger partial charge in [0.05, 0.1) is 0 Å². The molecule has 0 fully saturated rings. The summed E-state index contributed by atoms with van der Waals surface area (Å²) in [6.45, 7) is 5.86. The molecule has 2 heterocycles. The number of rotatable bonds is 2. The van der Waals surface area contributed by atoms with E-state index in [4.69, 9.17) is 0 Å². The molecule has 0 radical (unpaired) electrons. The van der Waals surface area contributed by atoms with Crippen molar-refractivity contribution >= 4 is 5.65 Å². The summed E-state index contributed by atoms with van der Waals surface area (Å²) in [6.07, 6.45) is 1.89. The Hall–Kier alpha value is -1.58. The van der Waals surface area contributed by atoms with Crippen LogP contribution in [-0.4, -0.2) is 14.6 Å². The molecular formula is C11H15N3O. The van der Waals surface area contributed by atoms with E-state index in [1.54, 1.807) is 0 Å². The van der Waals surface area contributed by atoms with E-state index in [9.17, 15) is 4.79 Å². The Morgan fingerprint density at radius 3 is 2.87 bits per heavy atom. The second kappa shape index (κ2) is 3.53. The zero-order valence-electron chi connectivity index (χ0n) is 9.29. The second-order valence-electron chi connectivity index (χ2n) is 3.87. The summed E-state index contributed by atoms with van der Waals surface area (Å²) in [5, 5.41) is 3.03. The van der Waals surface area contributed by atoms with Gasteiger partial charge in [0.15, 0.2) is 5.65 Å². The molecular weight excluding hydrogens is 190 g/mol. The monoisotopic (exact) mass is 205 g/mol. The minimum absolute atomic E-state index is 0.000136. The molecule has 2 aromatic rings. The van der Waals surface area contributed by atoms with Gasteiger partial charge in [-0.1, -0.05) is 6.92 Å². The molecule has 0 aliphatic rings. The molecule has 2 rings (SSSR count). The summed E-state index contributed by atoms with van der Waals surface area (Å²) in [6, 6.07) is 1.94. The van der Waals surface area contributed by atoms with Crippen LogP contribution in [0.1, 0.15) is 30.3 Å². The third kappa shape index (κ3) is 1.56. The molecule has 0 atom stereocenters. The summed E-state index contributed by atoms with van der Waals surface area (Å²) < 4.78 is 1.52. The Morgan fingerprint density at radius 1 is 1.47 bits per heavy atom. The van der Waals surface area contributed by atoms with Gasteiger partial charge in [0.1, 0.15) is 5.82 Å². The van der Waals surface area contributed by atoms with E-state index in [1.165, 1.54) is 4.52 Å². The molecule has 4 nitrogen and oxygen atoms in total. The largest absolute Gasteiger partial charge is 0.276 e. The summed E-state index contributed by atoms with van der Waals surface area (Å²) in [7, 11) is 0. The number of hydrogen-bond acceptors (Lipinski definition) is 2. The first-order chi connectivity index (χ1) is 7.13. The van der Waals surface area contributed by atoms with Gasteiger partial charge < -0.3 is 0 Å². The highest BCUT2D eigenvalue weighted by atomic mass is 16.1. The van der Waals surface area contributed by atoms with Crippen LogP contribution < -0.4 is 5.56 Å². The summed E-state index contributed by atoms with van der Waals surface area (Å²) in [4.78, 5) is 16.2. The number of aryl methyl sites for hydroxylation is 2. The van der Waals surface area contributed by atoms with E-state index >= 15 is 0 Å². The van der Waals surface area contributed by atoms with Gasteiger partial charge in [-0.3, -0.25) is 9.89 Å². The quantitative estimate of drug-likeness (QED) is 0.809. The van der Waals surface area contributed by atoms with Crippen molar-refractivity contribution in [1.29, 1.82) is 0 Å². The molecule has 0 aliphatic carbocycles. The van der Waals surface area contributed by atoms with Gasteiger partial charge in [-0.05, 0) is 31.9 Å². The predicted octanol–water partition coefficient (Wildman–Crippen LogP) is 1.59. The lowest BCUT2D eigenvalue weighted by Gasteiger charge is -1.98. The SMILES string of the molecule is CCCc1nc2cc(C)c(C)c(=O)n2[nH]1. The zero-order chi connectivity index (χ0) is 11.0. The molecule has 1 N–H and O–H groups in total. The lowest BCUT2D eigenvalue weighted by atomic mass is 10.2. The third-order valence-corrected chi connectivity index (χ3v) is 2.67. The van der Waals surface area contributed by atoms with Gasteiger partial charge in [0, 0.05) is 12.0 Å². The molecule has 80 valence electrons. The van der Waals surface area contributed by atoms with Crippen molar-refractivity contribution in [1.82, 2.24) is 14.6 Å². The van der Waals surface area contributed by atoms with Crippen molar-refractivity contribution in [3.8, 4) is 0 Å². The zero-order valence-corrected chi connectivity index (χ0v) is 9.29. The normalized spacial score (nSPS) is 11.1. The fourth-order valence-electron chi connectivity index (χ4n) is 1.64. The molecule has 0 unspecified atom stereocenters. The topological polar surface area (TPSA) is 50.2 Å². The molecule has 4 heteroatoms. The standard InChI is InChI=1S/C11H15N3O/c1-4-5-9-12-10-6-7(2)8(3)11(15)14(10)13-9/h6H,4-5H2,1-3H3,(H,12,13). The van der Waals surface area contributed by atoms with Crippen LogP contribution in [0.5, 0.6) is 0 Å². The van der Waals surface area contributed by atoms with Crippen molar-refractivity contribution in [3.63, 3.8) is 0 Å². The van der Waals surface area contributed by atoms with Crippen LogP contribution in [0.2, 0.25) is 0 Å². The first-order valence-corrected chi connectivity index (χ1v) is 5.21. The molecule has 0 aromatic carbocycles. The molecule has 0 saturated heterocycles. The highest BCUT2D eigenvalue weighted by molar-refractivity contribution is 5.43. The smallest absolute Gasteiger partial charge is 0.274 e. The van der Waals surface area contributed by atoms with E-state index in [2.05, 4.69) is 17.0 Å². The van der Waals surface area contributed by atoms with E-state index in [0.717, 1.165) is 29.8 Å². The van der Waals surface area contributed by atoms with Crippen LogP contribution >= 0.6 is 0 Å². The molecule has 0 spiro atoms. The van der Waals surface area contributed by atoms with E-state index in [1.807, 2.05) is 19.9 Å². The summed E-state index contributed by atoms with van der Waals surface area (Å²) >= 11 is 0. The van der Waals surface area contributed by atoms with Crippen molar-refractivity contribution in [3.05, 3.63) is 33.4 Å². The van der Waals surface area contributed by atoms with E-state index < -0.39 is 0 Å². The Labute approximate surface area is 87.9 Å². The molecule has 2 aromatic heterocycles. The fraction of sp³-hybridized carbons (Fsp3) is 0.455. The average molecular weight is 205 g/mol. The lowest BCUT2D eigenvalue weighted by Crippen LogP contribution is -2.17. The Kier molecular flexibility index (Phi) is 2.34. The minimum atomic E-state index is -0.000136. The van der Waals surface area contributed by atoms with Crippen molar-refractivity contribution in [2.75, 3.05) is 0 Å². The molecule has 0 aliphatic heterocycles. The average Bonchev–Trinajstić information content (AvgIpc) is 2.58. The lowest BCUT2D eigenvalue weighted by molar-refractivity contribution is 0.805. The maximum atomic E-state index is 11.9. The van der Waals surface area contributed by atoms with E-state index in [-0.39, 0.29) is 5.56 Å². The number of aromatic nitrogens is 3. The molecule has 15 heavy (non-hydrogen) atoms. The Balaban J connectivity index is 2.71. The molecule has 0 amide bonds. The predicted molar refractivity (Wildman–Crippen MR) is 59.3 cm³/mol. The van der Waals surface area contributed by atoms with Crippen LogP contribution in [0.3, 0.4) is 0 Å². The van der Waals surface area contributed by atoms with Crippen LogP contribution in [0, 0.1) is 13.8 Å². The van der Waals surface area contributed by atoms with Crippen LogP contribution in [-0.2, 0) is 6.42 Å². The van der Waals surface area contributed by atoms with Gasteiger partial charge in [0.2, 0.25) is 0 Å². The Morgan fingerprint density at radius 2 is 2.20 bits per heavy atom. The highest BCUT2D eigenvalue weighted by Crippen LogP contribution is 2.06. The van der Waals surface area contributed by atoms with Crippen molar-refractivity contribution in [2.24, 2.45) is 0 Å². The number of nitrogens with one attached hydrogen (secondary N) is 1. The fourth-order valence-corrected chi connectivity index (χ4v) is 1.64. The van der Waals surface area contributed by atoms with Gasteiger partial charge in [-0.25, -0.2) is 4.98 Å². The first-order valence-electron chi connectivity index (χ1n) is 5.21. The first kappa shape index (κ1) is 9.96. The van der Waals surface area contributed by atoms with E-state index in [0.29, 0.717) is 5.65 Å². The maximum absolute atomic E-state index is 11.9. The van der Waals surface area contributed by atoms with Crippen molar-refractivity contribution in [2.45, 2.75) is 33.6 Å². The third-order valence-electron chi connectivity index (χ3n) is 2.67. The van der Waals surface area contributed by atoms with Gasteiger partial charge in [-0.15, -0.1) is 0 Å². The number of H-pyrrole nitrogens is 1. The number of pyridine rings is 1. The van der Waals surface area contributed by atoms with Crippen LogP contribution in [0.25, 0.3) is 5.65 Å². The van der Waals surface area contributed by atoms with Crippen molar-refractivity contribution < 1.29 is 0 Å². The Bertz CT molecular complexity index is 551. The second-order valence-corrected chi connectivity index (χ2v) is 3.87. The molecule has 0 saturated carbocycles. The summed E-state index contributed by atoms with van der Waals surface area (Å²) in [5.41, 5.74) is 2.49. The van der Waals surface area contributed by atoms with Gasteiger partial charge in [-0.2, -0.15) is 4.52 Å². The number of nitrogens with zero attached hydrogens (tertiary/aromatic N) is 2. The number of aromatic amines is 1. The van der Waals surface area contributed by atoms with Gasteiger partial charge >= 0.3 is 0 Å². The minimum Gasteiger partial charge on any atom is -0.276 e. The highest BCUT2D eigenvalue weighted by Gasteiger charge is 2.07. The summed E-state index contributed by atoms with van der Waals surface area (Å²) in [5.74, 6) is 0.875. The maximum Gasteiger partial charge on any atom is 0.274 e. The van der Waals surface area contributed by atoms with Gasteiger partial charge in [0.25, 0.3) is 5.56 Å². The number of hydrogen-bond donors (Lipinski definition) is 1. The van der Waals surface area contributed by atoms with Crippen LogP contribution in [0.4, 0.5) is 0 Å². The molecule has 0 bridgehead atoms. The van der Waals surface area contributed by atoms with Crippen LogP contribution in [0.15, 0.2) is 10.9 Å².